The maximum absolute atomic E-state index is 9.59. The van der Waals surface area contributed by atoms with Gasteiger partial charge in [-0.2, -0.15) is 0 Å². The summed E-state index contributed by atoms with van der Waals surface area (Å²) in [7, 11) is 1.62. The fraction of sp³-hybridized carbons (Fsp3) is 0.167. The zero-order chi connectivity index (χ0) is 7.70. The first-order valence-electron chi connectivity index (χ1n) is 2.35. The van der Waals surface area contributed by atoms with Crippen molar-refractivity contribution in [3.05, 3.63) is 25.6 Å². The summed E-state index contributed by atoms with van der Waals surface area (Å²) in [4.78, 5) is 10.9. The van der Waals surface area contributed by atoms with Crippen LogP contribution >= 0.6 is 0 Å². The highest BCUT2D eigenvalue weighted by atomic mass is 16.1. The third kappa shape index (κ3) is 20.1. The van der Waals surface area contributed by atoms with Gasteiger partial charge in [-0.1, -0.05) is 13.2 Å². The molecule has 52 valence electrons. The zero-order valence-corrected chi connectivity index (χ0v) is 5.58. The van der Waals surface area contributed by atoms with Crippen LogP contribution in [-0.4, -0.2) is 18.4 Å². The van der Waals surface area contributed by atoms with E-state index in [1.165, 1.54) is 17.3 Å². The van der Waals surface area contributed by atoms with Gasteiger partial charge in [-0.05, 0) is 12.4 Å². The van der Waals surface area contributed by atoms with E-state index in [4.69, 9.17) is 0 Å². The fourth-order valence-electron chi connectivity index (χ4n) is 0.0430. The summed E-state index contributed by atoms with van der Waals surface area (Å²) in [5, 5.41) is 0. The molecule has 0 radical (unpaired) electrons. The number of rotatable bonds is 2. The summed E-state index contributed by atoms with van der Waals surface area (Å²) in [6.45, 7) is 6.46. The van der Waals surface area contributed by atoms with Crippen molar-refractivity contribution in [1.29, 1.82) is 0 Å². The molecule has 3 nitrogen and oxygen atoms in total. The predicted molar refractivity (Wildman–Crippen MR) is 38.4 cm³/mol. The minimum Gasteiger partial charge on any atom is -0.405 e. The highest BCUT2D eigenvalue weighted by Gasteiger charge is 1.73. The molecule has 0 fully saturated rings. The molecule has 9 heavy (non-hydrogen) atoms. The Morgan fingerprint density at radius 3 is 1.89 bits per heavy atom. The molecule has 0 unspecified atom stereocenters. The number of carbonyl (C=O) groups excluding carboxylic acids is 1. The SMILES string of the molecule is C=CN.C=CN(C)C=O. The summed E-state index contributed by atoms with van der Waals surface area (Å²) < 4.78 is 0. The molecule has 2 N–H and O–H groups in total. The molecule has 0 heterocycles. The van der Waals surface area contributed by atoms with Crippen LogP contribution in [0, 0.1) is 0 Å². The normalized spacial score (nSPS) is 5.89. The molecule has 3 heteroatoms. The van der Waals surface area contributed by atoms with Crippen LogP contribution in [0.1, 0.15) is 0 Å². The Balaban J connectivity index is 0. The van der Waals surface area contributed by atoms with Crippen molar-refractivity contribution in [3.8, 4) is 0 Å². The van der Waals surface area contributed by atoms with Crippen LogP contribution in [0.2, 0.25) is 0 Å². The van der Waals surface area contributed by atoms with Gasteiger partial charge in [0, 0.05) is 7.05 Å². The lowest BCUT2D eigenvalue weighted by Gasteiger charge is -1.96. The molecular weight excluding hydrogens is 116 g/mol. The Bertz CT molecular complexity index is 83.1. The van der Waals surface area contributed by atoms with E-state index in [9.17, 15) is 4.79 Å². The quantitative estimate of drug-likeness (QED) is 0.544. The second-order valence-corrected chi connectivity index (χ2v) is 1.19. The summed E-state index contributed by atoms with van der Waals surface area (Å²) in [6, 6.07) is 0. The molecule has 0 aliphatic carbocycles. The summed E-state index contributed by atoms with van der Waals surface area (Å²) in [5.41, 5.74) is 4.61. The van der Waals surface area contributed by atoms with Gasteiger partial charge in [-0.15, -0.1) is 0 Å². The van der Waals surface area contributed by atoms with Crippen LogP contribution in [-0.2, 0) is 4.79 Å². The van der Waals surface area contributed by atoms with Crippen molar-refractivity contribution in [2.75, 3.05) is 7.05 Å². The fourth-order valence-corrected chi connectivity index (χ4v) is 0.0430. The molecule has 0 bridgehead atoms. The highest BCUT2D eigenvalue weighted by molar-refractivity contribution is 5.47. The minimum absolute atomic E-state index is 0.688. The Hall–Kier alpha value is -1.25. The summed E-state index contributed by atoms with van der Waals surface area (Å²) >= 11 is 0. The molecule has 0 spiro atoms. The van der Waals surface area contributed by atoms with Crippen LogP contribution in [0.5, 0.6) is 0 Å². The number of nitrogens with two attached hydrogens (primary N) is 1. The van der Waals surface area contributed by atoms with E-state index in [-0.39, 0.29) is 0 Å². The van der Waals surface area contributed by atoms with E-state index in [0.29, 0.717) is 6.41 Å². The monoisotopic (exact) mass is 128 g/mol. The number of nitrogens with zero attached hydrogens (tertiary/aromatic N) is 1. The standard InChI is InChI=1S/C4H7NO.C2H5N/c1-3-5(2)4-6;1-2-3/h3-4H,1H2,2H3;2H,1,3H2. The number of amides is 1. The lowest BCUT2D eigenvalue weighted by Crippen LogP contribution is -2.04. The molecular formula is C6H12N2O. The molecule has 0 aromatic carbocycles. The molecule has 1 amide bonds. The van der Waals surface area contributed by atoms with Crippen LogP contribution in [0.3, 0.4) is 0 Å². The van der Waals surface area contributed by atoms with Crippen molar-refractivity contribution in [1.82, 2.24) is 4.90 Å². The Labute approximate surface area is 55.5 Å². The van der Waals surface area contributed by atoms with Gasteiger partial charge < -0.3 is 10.6 Å². The Kier molecular flexibility index (Phi) is 11.7. The van der Waals surface area contributed by atoms with Crippen molar-refractivity contribution in [3.63, 3.8) is 0 Å². The molecule has 0 rings (SSSR count). The predicted octanol–water partition coefficient (Wildman–Crippen LogP) is 0.307. The molecule has 0 aliphatic rings. The topological polar surface area (TPSA) is 46.3 Å². The van der Waals surface area contributed by atoms with Gasteiger partial charge in [-0.3, -0.25) is 4.79 Å². The van der Waals surface area contributed by atoms with E-state index in [0.717, 1.165) is 0 Å². The molecule has 0 saturated heterocycles. The summed E-state index contributed by atoms with van der Waals surface area (Å²) in [5.74, 6) is 0. The van der Waals surface area contributed by atoms with E-state index < -0.39 is 0 Å². The van der Waals surface area contributed by atoms with Crippen LogP contribution in [0.4, 0.5) is 0 Å². The molecule has 0 aliphatic heterocycles. The molecule has 0 saturated carbocycles. The van der Waals surface area contributed by atoms with Gasteiger partial charge in [0.25, 0.3) is 0 Å². The lowest BCUT2D eigenvalue weighted by molar-refractivity contribution is -0.114. The third-order valence-electron chi connectivity index (χ3n) is 0.454. The van der Waals surface area contributed by atoms with Crippen LogP contribution < -0.4 is 5.73 Å². The first-order valence-corrected chi connectivity index (χ1v) is 2.35. The largest absolute Gasteiger partial charge is 0.405 e. The van der Waals surface area contributed by atoms with Crippen molar-refractivity contribution >= 4 is 6.41 Å². The second kappa shape index (κ2) is 9.89. The van der Waals surface area contributed by atoms with Gasteiger partial charge in [0.1, 0.15) is 0 Å². The highest BCUT2D eigenvalue weighted by Crippen LogP contribution is 1.67. The van der Waals surface area contributed by atoms with Gasteiger partial charge in [0.2, 0.25) is 6.41 Å². The van der Waals surface area contributed by atoms with E-state index in [1.807, 2.05) is 0 Å². The number of carbonyl (C=O) groups is 1. The lowest BCUT2D eigenvalue weighted by atomic mass is 10.8. The van der Waals surface area contributed by atoms with Crippen molar-refractivity contribution in [2.24, 2.45) is 5.73 Å². The van der Waals surface area contributed by atoms with Gasteiger partial charge in [0.05, 0.1) is 0 Å². The second-order valence-electron chi connectivity index (χ2n) is 1.19. The van der Waals surface area contributed by atoms with Crippen molar-refractivity contribution < 1.29 is 4.79 Å². The van der Waals surface area contributed by atoms with E-state index in [2.05, 4.69) is 18.9 Å². The minimum atomic E-state index is 0.688. The maximum atomic E-state index is 9.59. The number of hydrogen-bond acceptors (Lipinski definition) is 2. The average molecular weight is 128 g/mol. The first-order chi connectivity index (χ1) is 4.22. The smallest absolute Gasteiger partial charge is 0.213 e. The zero-order valence-electron chi connectivity index (χ0n) is 5.58. The van der Waals surface area contributed by atoms with Crippen LogP contribution in [0.15, 0.2) is 25.6 Å². The Morgan fingerprint density at radius 1 is 1.56 bits per heavy atom. The summed E-state index contributed by atoms with van der Waals surface area (Å²) in [6.07, 6.45) is 3.38. The average Bonchev–Trinajstić information content (AvgIpc) is 1.88. The van der Waals surface area contributed by atoms with Crippen LogP contribution in [0.25, 0.3) is 0 Å². The maximum Gasteiger partial charge on any atom is 0.213 e. The van der Waals surface area contributed by atoms with Gasteiger partial charge >= 0.3 is 0 Å². The molecule has 0 atom stereocenters. The van der Waals surface area contributed by atoms with Crippen molar-refractivity contribution in [2.45, 2.75) is 0 Å². The Morgan fingerprint density at radius 2 is 1.89 bits per heavy atom. The molecule has 0 aromatic heterocycles. The number of hydrogen-bond donors (Lipinski definition) is 1. The first kappa shape index (κ1) is 10.7. The van der Waals surface area contributed by atoms with Gasteiger partial charge in [0.15, 0.2) is 0 Å². The van der Waals surface area contributed by atoms with Gasteiger partial charge in [-0.25, -0.2) is 0 Å². The van der Waals surface area contributed by atoms with E-state index in [1.54, 1.807) is 7.05 Å². The molecule has 0 aromatic rings. The third-order valence-corrected chi connectivity index (χ3v) is 0.454. The van der Waals surface area contributed by atoms with E-state index >= 15 is 0 Å².